The van der Waals surface area contributed by atoms with Crippen LogP contribution in [0.4, 0.5) is 5.69 Å². The molecule has 154 valence electrons. The maximum Gasteiger partial charge on any atom is 0.365 e. The van der Waals surface area contributed by atoms with Gasteiger partial charge >= 0.3 is 5.97 Å². The van der Waals surface area contributed by atoms with Crippen LogP contribution in [0.2, 0.25) is 10.0 Å². The van der Waals surface area contributed by atoms with Gasteiger partial charge in [-0.2, -0.15) is 0 Å². The van der Waals surface area contributed by atoms with Gasteiger partial charge in [-0.15, -0.1) is 0 Å². The number of nitrogens with zero attached hydrogens (tertiary/aromatic N) is 3. The molecule has 1 saturated heterocycles. The lowest BCUT2D eigenvalue weighted by atomic mass is 10.2. The van der Waals surface area contributed by atoms with Gasteiger partial charge in [0.2, 0.25) is 5.90 Å². The van der Waals surface area contributed by atoms with Gasteiger partial charge in [-0.05, 0) is 24.3 Å². The lowest BCUT2D eigenvalue weighted by molar-refractivity contribution is -0.130. The Labute approximate surface area is 184 Å². The standard InChI is InChI=1S/C21H19Cl2N5O2/c22-16-8-4-7-15(18(16)23)19-26-17(20(29)30-19)13-27-9-11-28(12-10-27)21(24)25-14-5-2-1-3-6-14/h1-8,13H,9-12H2,(H2,24,25). The van der Waals surface area contributed by atoms with E-state index in [0.29, 0.717) is 47.7 Å². The number of cyclic esters (lactones) is 1. The van der Waals surface area contributed by atoms with Crippen LogP contribution in [0.15, 0.2) is 65.4 Å². The van der Waals surface area contributed by atoms with E-state index in [0.717, 1.165) is 5.69 Å². The minimum atomic E-state index is -0.526. The van der Waals surface area contributed by atoms with Gasteiger partial charge in [-0.3, -0.25) is 5.41 Å². The van der Waals surface area contributed by atoms with Crippen LogP contribution in [0.1, 0.15) is 5.56 Å². The van der Waals surface area contributed by atoms with Gasteiger partial charge < -0.3 is 19.9 Å². The highest BCUT2D eigenvalue weighted by Crippen LogP contribution is 2.28. The molecule has 1 fully saturated rings. The molecule has 0 bridgehead atoms. The summed E-state index contributed by atoms with van der Waals surface area (Å²) >= 11 is 12.2. The van der Waals surface area contributed by atoms with E-state index in [1.54, 1.807) is 24.4 Å². The Kier molecular flexibility index (Phi) is 5.92. The number of hydrogen-bond acceptors (Lipinski definition) is 5. The van der Waals surface area contributed by atoms with Crippen LogP contribution in [0, 0.1) is 5.41 Å². The van der Waals surface area contributed by atoms with Crippen molar-refractivity contribution in [3.8, 4) is 0 Å². The van der Waals surface area contributed by atoms with Crippen LogP contribution in [-0.4, -0.2) is 53.8 Å². The monoisotopic (exact) mass is 443 g/mol. The number of rotatable bonds is 3. The Balaban J connectivity index is 1.39. The van der Waals surface area contributed by atoms with Crippen LogP contribution < -0.4 is 5.32 Å². The van der Waals surface area contributed by atoms with Crippen molar-refractivity contribution in [3.05, 3.63) is 76.0 Å². The zero-order valence-corrected chi connectivity index (χ0v) is 17.5. The van der Waals surface area contributed by atoms with E-state index in [1.165, 1.54) is 0 Å². The molecule has 9 heteroatoms. The van der Waals surface area contributed by atoms with Crippen LogP contribution in [0.3, 0.4) is 0 Å². The van der Waals surface area contributed by atoms with Gasteiger partial charge in [0.05, 0.1) is 15.6 Å². The van der Waals surface area contributed by atoms with Crippen molar-refractivity contribution in [3.63, 3.8) is 0 Å². The first-order valence-corrected chi connectivity index (χ1v) is 10.1. The van der Waals surface area contributed by atoms with Crippen molar-refractivity contribution in [2.24, 2.45) is 4.99 Å². The molecule has 2 aliphatic rings. The van der Waals surface area contributed by atoms with Crippen molar-refractivity contribution >= 4 is 46.7 Å². The number of benzene rings is 2. The number of carbonyl (C=O) groups is 1. The molecule has 7 nitrogen and oxygen atoms in total. The fraction of sp³-hybridized carbons (Fsp3) is 0.190. The molecule has 2 N–H and O–H groups in total. The molecule has 0 amide bonds. The summed E-state index contributed by atoms with van der Waals surface area (Å²) in [5.74, 6) is -0.0298. The number of nitrogens with one attached hydrogen (secondary N) is 2. The molecule has 0 unspecified atom stereocenters. The SMILES string of the molecule is N=C(Nc1ccccc1)N1CCN(C=C2N=C(c3cccc(Cl)c3Cl)OC2=O)CC1. The molecule has 2 aromatic carbocycles. The molecule has 0 aliphatic carbocycles. The number of ether oxygens (including phenoxy) is 1. The van der Waals surface area contributed by atoms with E-state index in [-0.39, 0.29) is 11.6 Å². The van der Waals surface area contributed by atoms with E-state index in [1.807, 2.05) is 40.1 Å². The summed E-state index contributed by atoms with van der Waals surface area (Å²) < 4.78 is 5.28. The summed E-state index contributed by atoms with van der Waals surface area (Å²) in [6.45, 7) is 2.60. The molecule has 2 aliphatic heterocycles. The topological polar surface area (TPSA) is 81.0 Å². The Morgan fingerprint density at radius 3 is 2.53 bits per heavy atom. The molecule has 2 aromatic rings. The highest BCUT2D eigenvalue weighted by molar-refractivity contribution is 6.44. The fourth-order valence-electron chi connectivity index (χ4n) is 3.17. The fourth-order valence-corrected chi connectivity index (χ4v) is 3.55. The lowest BCUT2D eigenvalue weighted by Gasteiger charge is -2.35. The number of guanidine groups is 1. The largest absolute Gasteiger partial charge is 0.402 e. The first kappa shape index (κ1) is 20.3. The van der Waals surface area contributed by atoms with E-state index in [4.69, 9.17) is 33.3 Å². The van der Waals surface area contributed by atoms with E-state index < -0.39 is 5.97 Å². The number of hydrogen-bond donors (Lipinski definition) is 2. The third kappa shape index (κ3) is 4.42. The smallest absolute Gasteiger partial charge is 0.365 e. The number of esters is 1. The van der Waals surface area contributed by atoms with Crippen molar-refractivity contribution in [2.45, 2.75) is 0 Å². The molecule has 0 radical (unpaired) electrons. The third-order valence-electron chi connectivity index (χ3n) is 4.77. The Morgan fingerprint density at radius 1 is 1.07 bits per heavy atom. The van der Waals surface area contributed by atoms with Gasteiger partial charge in [0.1, 0.15) is 0 Å². The highest BCUT2D eigenvalue weighted by atomic mass is 35.5. The second-order valence-electron chi connectivity index (χ2n) is 6.78. The maximum absolute atomic E-state index is 12.2. The first-order valence-electron chi connectivity index (χ1n) is 9.38. The summed E-state index contributed by atoms with van der Waals surface area (Å²) in [6.07, 6.45) is 1.69. The molecular weight excluding hydrogens is 425 g/mol. The second kappa shape index (κ2) is 8.77. The molecule has 4 rings (SSSR count). The number of aliphatic imine (C=N–C) groups is 1. The van der Waals surface area contributed by atoms with Crippen molar-refractivity contribution in [1.29, 1.82) is 5.41 Å². The molecule has 0 saturated carbocycles. The van der Waals surface area contributed by atoms with Gasteiger partial charge in [0.25, 0.3) is 0 Å². The molecule has 0 spiro atoms. The number of anilines is 1. The highest BCUT2D eigenvalue weighted by Gasteiger charge is 2.27. The summed E-state index contributed by atoms with van der Waals surface area (Å²) in [7, 11) is 0. The molecule has 30 heavy (non-hydrogen) atoms. The lowest BCUT2D eigenvalue weighted by Crippen LogP contribution is -2.48. The number of carbonyl (C=O) groups excluding carboxylic acids is 1. The number of para-hydroxylation sites is 1. The van der Waals surface area contributed by atoms with Gasteiger partial charge in [0.15, 0.2) is 11.7 Å². The molecule has 0 aromatic heterocycles. The van der Waals surface area contributed by atoms with Gasteiger partial charge in [-0.1, -0.05) is 47.5 Å². The second-order valence-corrected chi connectivity index (χ2v) is 7.57. The summed E-state index contributed by atoms with van der Waals surface area (Å²) in [4.78, 5) is 20.5. The quantitative estimate of drug-likeness (QED) is 0.326. The number of halogens is 2. The van der Waals surface area contributed by atoms with Crippen LogP contribution >= 0.6 is 23.2 Å². The van der Waals surface area contributed by atoms with Gasteiger partial charge in [-0.25, -0.2) is 9.79 Å². The van der Waals surface area contributed by atoms with E-state index in [9.17, 15) is 4.79 Å². The third-order valence-corrected chi connectivity index (χ3v) is 5.59. The molecular formula is C21H19Cl2N5O2. The van der Waals surface area contributed by atoms with Gasteiger partial charge in [0, 0.05) is 38.1 Å². The summed E-state index contributed by atoms with van der Waals surface area (Å²) in [5, 5.41) is 12.0. The predicted octanol–water partition coefficient (Wildman–Crippen LogP) is 3.80. The van der Waals surface area contributed by atoms with Crippen LogP contribution in [0.5, 0.6) is 0 Å². The van der Waals surface area contributed by atoms with Crippen molar-refractivity contribution in [1.82, 2.24) is 9.80 Å². The molecule has 2 heterocycles. The average Bonchev–Trinajstić information content (AvgIpc) is 3.11. The first-order chi connectivity index (χ1) is 14.5. The zero-order valence-electron chi connectivity index (χ0n) is 15.9. The maximum atomic E-state index is 12.2. The summed E-state index contributed by atoms with van der Waals surface area (Å²) in [5.41, 5.74) is 1.57. The van der Waals surface area contributed by atoms with Crippen LogP contribution in [-0.2, 0) is 9.53 Å². The number of piperazine rings is 1. The Hall–Kier alpha value is -3.03. The minimum Gasteiger partial charge on any atom is -0.402 e. The van der Waals surface area contributed by atoms with E-state index in [2.05, 4.69) is 10.3 Å². The van der Waals surface area contributed by atoms with E-state index >= 15 is 0 Å². The average molecular weight is 444 g/mol. The predicted molar refractivity (Wildman–Crippen MR) is 118 cm³/mol. The Morgan fingerprint density at radius 2 is 1.80 bits per heavy atom. The van der Waals surface area contributed by atoms with Crippen molar-refractivity contribution < 1.29 is 9.53 Å². The summed E-state index contributed by atoms with van der Waals surface area (Å²) in [6, 6.07) is 14.7. The normalized spacial score (nSPS) is 17.7. The molecule has 0 atom stereocenters. The van der Waals surface area contributed by atoms with Crippen molar-refractivity contribution in [2.75, 3.05) is 31.5 Å². The zero-order chi connectivity index (χ0) is 21.1. The van der Waals surface area contributed by atoms with Crippen LogP contribution in [0.25, 0.3) is 0 Å². The minimum absolute atomic E-state index is 0.145. The Bertz CT molecular complexity index is 1030.